The van der Waals surface area contributed by atoms with Crippen molar-refractivity contribution in [2.24, 2.45) is 0 Å². The van der Waals surface area contributed by atoms with Gasteiger partial charge in [0.25, 0.3) is 0 Å². The number of ether oxygens (including phenoxy) is 1. The van der Waals surface area contributed by atoms with E-state index in [4.69, 9.17) is 4.74 Å². The molecule has 1 N–H and O–H groups in total. The predicted octanol–water partition coefficient (Wildman–Crippen LogP) is 3.37. The van der Waals surface area contributed by atoms with Crippen LogP contribution in [0, 0.1) is 0 Å². The average molecular weight is 270 g/mol. The molecule has 3 heteroatoms. The number of rotatable bonds is 7. The Morgan fingerprint density at radius 1 is 1.25 bits per heavy atom. The first-order valence-corrected chi connectivity index (χ1v) is 7.14. The highest BCUT2D eigenvalue weighted by atomic mass is 16.5. The molecule has 0 aliphatic rings. The van der Waals surface area contributed by atoms with Crippen LogP contribution in [0.4, 0.5) is 0 Å². The summed E-state index contributed by atoms with van der Waals surface area (Å²) >= 11 is 0. The van der Waals surface area contributed by atoms with Crippen LogP contribution in [0.15, 0.2) is 48.8 Å². The maximum Gasteiger partial charge on any atom is 0.119 e. The normalized spacial score (nSPS) is 12.1. The number of hydrogen-bond donors (Lipinski definition) is 1. The van der Waals surface area contributed by atoms with Crippen molar-refractivity contribution in [2.45, 2.75) is 26.3 Å². The Labute approximate surface area is 121 Å². The van der Waals surface area contributed by atoms with Gasteiger partial charge in [0.15, 0.2) is 0 Å². The Morgan fingerprint density at radius 2 is 2.15 bits per heavy atom. The molecule has 1 atom stereocenters. The van der Waals surface area contributed by atoms with Gasteiger partial charge in [-0.15, -0.1) is 0 Å². The molecule has 0 fully saturated rings. The fourth-order valence-electron chi connectivity index (χ4n) is 2.13. The maximum atomic E-state index is 5.82. The third kappa shape index (κ3) is 4.35. The Bertz CT molecular complexity index is 513. The van der Waals surface area contributed by atoms with Crippen LogP contribution in [0.2, 0.25) is 0 Å². The van der Waals surface area contributed by atoms with Crippen LogP contribution in [0.3, 0.4) is 0 Å². The largest absolute Gasteiger partial charge is 0.493 e. The Morgan fingerprint density at radius 3 is 2.90 bits per heavy atom. The van der Waals surface area contributed by atoms with E-state index in [9.17, 15) is 0 Å². The van der Waals surface area contributed by atoms with E-state index < -0.39 is 0 Å². The van der Waals surface area contributed by atoms with Crippen LogP contribution < -0.4 is 10.1 Å². The summed E-state index contributed by atoms with van der Waals surface area (Å²) in [4.78, 5) is 4.10. The molecule has 0 aliphatic heterocycles. The van der Waals surface area contributed by atoms with Crippen molar-refractivity contribution in [1.29, 1.82) is 0 Å². The molecule has 1 aromatic heterocycles. The van der Waals surface area contributed by atoms with Gasteiger partial charge in [0.05, 0.1) is 6.61 Å². The van der Waals surface area contributed by atoms with E-state index in [2.05, 4.69) is 42.3 Å². The van der Waals surface area contributed by atoms with E-state index >= 15 is 0 Å². The first kappa shape index (κ1) is 14.5. The van der Waals surface area contributed by atoms with Gasteiger partial charge in [-0.3, -0.25) is 4.98 Å². The number of aromatic nitrogens is 1. The SMILES string of the molecule is CCNC(C)c1cccc(OCCc2cccnc2)c1. The topological polar surface area (TPSA) is 34.1 Å². The van der Waals surface area contributed by atoms with Crippen LogP contribution in [0.25, 0.3) is 0 Å². The van der Waals surface area contributed by atoms with E-state index in [1.807, 2.05) is 24.4 Å². The molecule has 0 saturated carbocycles. The molecule has 0 saturated heterocycles. The Kier molecular flexibility index (Phi) is 5.56. The van der Waals surface area contributed by atoms with Gasteiger partial charge in [-0.25, -0.2) is 0 Å². The third-order valence-corrected chi connectivity index (χ3v) is 3.25. The van der Waals surface area contributed by atoms with Gasteiger partial charge >= 0.3 is 0 Å². The fourth-order valence-corrected chi connectivity index (χ4v) is 2.13. The highest BCUT2D eigenvalue weighted by molar-refractivity contribution is 5.30. The summed E-state index contributed by atoms with van der Waals surface area (Å²) in [5, 5.41) is 3.41. The monoisotopic (exact) mass is 270 g/mol. The minimum Gasteiger partial charge on any atom is -0.493 e. The van der Waals surface area contributed by atoms with Crippen LogP contribution in [0.5, 0.6) is 5.75 Å². The smallest absolute Gasteiger partial charge is 0.119 e. The first-order valence-electron chi connectivity index (χ1n) is 7.14. The van der Waals surface area contributed by atoms with Crippen molar-refractivity contribution in [3.05, 3.63) is 59.9 Å². The van der Waals surface area contributed by atoms with Gasteiger partial charge < -0.3 is 10.1 Å². The number of nitrogens with one attached hydrogen (secondary N) is 1. The molecule has 1 unspecified atom stereocenters. The van der Waals surface area contributed by atoms with Gasteiger partial charge in [0.2, 0.25) is 0 Å². The molecule has 2 aromatic rings. The van der Waals surface area contributed by atoms with E-state index in [1.165, 1.54) is 11.1 Å². The summed E-state index contributed by atoms with van der Waals surface area (Å²) in [5.41, 5.74) is 2.45. The lowest BCUT2D eigenvalue weighted by molar-refractivity contribution is 0.321. The minimum absolute atomic E-state index is 0.349. The van der Waals surface area contributed by atoms with E-state index in [-0.39, 0.29) is 0 Å². The standard InChI is InChI=1S/C17H22N2O/c1-3-19-14(2)16-7-4-8-17(12-16)20-11-9-15-6-5-10-18-13-15/h4-8,10,12-14,19H,3,9,11H2,1-2H3. The second-order valence-electron chi connectivity index (χ2n) is 4.81. The molecule has 106 valence electrons. The molecule has 1 aromatic carbocycles. The molecule has 0 aliphatic carbocycles. The lowest BCUT2D eigenvalue weighted by atomic mass is 10.1. The van der Waals surface area contributed by atoms with Crippen molar-refractivity contribution in [2.75, 3.05) is 13.2 Å². The number of nitrogens with zero attached hydrogens (tertiary/aromatic N) is 1. The molecule has 20 heavy (non-hydrogen) atoms. The maximum absolute atomic E-state index is 5.82. The molecule has 0 spiro atoms. The molecular weight excluding hydrogens is 248 g/mol. The van der Waals surface area contributed by atoms with Gasteiger partial charge in [0, 0.05) is 24.9 Å². The summed E-state index contributed by atoms with van der Waals surface area (Å²) in [6.45, 7) is 5.92. The lowest BCUT2D eigenvalue weighted by Crippen LogP contribution is -2.17. The van der Waals surface area contributed by atoms with Gasteiger partial charge in [-0.2, -0.15) is 0 Å². The zero-order valence-corrected chi connectivity index (χ0v) is 12.2. The summed E-state index contributed by atoms with van der Waals surface area (Å²) in [5.74, 6) is 0.927. The molecule has 0 amide bonds. The van der Waals surface area contributed by atoms with Crippen molar-refractivity contribution < 1.29 is 4.74 Å². The predicted molar refractivity (Wildman–Crippen MR) is 82.0 cm³/mol. The summed E-state index contributed by atoms with van der Waals surface area (Å²) in [7, 11) is 0. The van der Waals surface area contributed by atoms with Crippen LogP contribution in [-0.2, 0) is 6.42 Å². The van der Waals surface area contributed by atoms with Crippen molar-refractivity contribution >= 4 is 0 Å². The van der Waals surface area contributed by atoms with Crippen LogP contribution >= 0.6 is 0 Å². The third-order valence-electron chi connectivity index (χ3n) is 3.25. The average Bonchev–Trinajstić information content (AvgIpc) is 2.49. The number of hydrogen-bond acceptors (Lipinski definition) is 3. The summed E-state index contributed by atoms with van der Waals surface area (Å²) in [6.07, 6.45) is 4.55. The highest BCUT2D eigenvalue weighted by Gasteiger charge is 2.04. The first-order chi connectivity index (χ1) is 9.79. The quantitative estimate of drug-likeness (QED) is 0.837. The van der Waals surface area contributed by atoms with Crippen LogP contribution in [0.1, 0.15) is 31.0 Å². The van der Waals surface area contributed by atoms with E-state index in [0.717, 1.165) is 18.7 Å². The van der Waals surface area contributed by atoms with Gasteiger partial charge in [0.1, 0.15) is 5.75 Å². The minimum atomic E-state index is 0.349. The molecule has 2 rings (SSSR count). The molecular formula is C17H22N2O. The number of pyridine rings is 1. The van der Waals surface area contributed by atoms with Gasteiger partial charge in [-0.05, 0) is 42.8 Å². The molecule has 0 bridgehead atoms. The summed E-state index contributed by atoms with van der Waals surface area (Å²) in [6, 6.07) is 12.7. The van der Waals surface area contributed by atoms with E-state index in [0.29, 0.717) is 12.6 Å². The number of benzene rings is 1. The van der Waals surface area contributed by atoms with Crippen molar-refractivity contribution in [3.8, 4) is 5.75 Å². The second-order valence-corrected chi connectivity index (χ2v) is 4.81. The zero-order valence-electron chi connectivity index (χ0n) is 12.2. The Hall–Kier alpha value is -1.87. The fraction of sp³-hybridized carbons (Fsp3) is 0.353. The van der Waals surface area contributed by atoms with Gasteiger partial charge in [-0.1, -0.05) is 25.1 Å². The highest BCUT2D eigenvalue weighted by Crippen LogP contribution is 2.19. The molecule has 1 heterocycles. The summed E-state index contributed by atoms with van der Waals surface area (Å²) < 4.78 is 5.82. The lowest BCUT2D eigenvalue weighted by Gasteiger charge is -2.14. The second kappa shape index (κ2) is 7.65. The van der Waals surface area contributed by atoms with Crippen molar-refractivity contribution in [3.63, 3.8) is 0 Å². The van der Waals surface area contributed by atoms with Crippen LogP contribution in [-0.4, -0.2) is 18.1 Å². The zero-order chi connectivity index (χ0) is 14.2. The Balaban J connectivity index is 1.88. The molecule has 3 nitrogen and oxygen atoms in total. The van der Waals surface area contributed by atoms with E-state index in [1.54, 1.807) is 6.20 Å². The van der Waals surface area contributed by atoms with Crippen molar-refractivity contribution in [1.82, 2.24) is 10.3 Å². The molecule has 0 radical (unpaired) electrons.